The number of hydrogen-bond acceptors (Lipinski definition) is 3. The summed E-state index contributed by atoms with van der Waals surface area (Å²) in [6, 6.07) is 21.6. The van der Waals surface area contributed by atoms with E-state index < -0.39 is 16.1 Å². The Morgan fingerprint density at radius 3 is 2.50 bits per heavy atom. The lowest BCUT2D eigenvalue weighted by Gasteiger charge is -2.23. The summed E-state index contributed by atoms with van der Waals surface area (Å²) in [5.41, 5.74) is 1.02. The molecule has 0 radical (unpaired) electrons. The van der Waals surface area contributed by atoms with E-state index in [1.165, 1.54) is 4.31 Å². The van der Waals surface area contributed by atoms with Gasteiger partial charge >= 0.3 is 0 Å². The zero-order chi connectivity index (χ0) is 19.6. The number of carbonyl (C=O) groups is 1. The van der Waals surface area contributed by atoms with E-state index in [-0.39, 0.29) is 10.8 Å². The maximum Gasteiger partial charge on any atom is 0.243 e. The molecule has 3 aromatic rings. The van der Waals surface area contributed by atoms with Crippen LogP contribution in [0.5, 0.6) is 0 Å². The summed E-state index contributed by atoms with van der Waals surface area (Å²) in [5, 5.41) is 5.14. The van der Waals surface area contributed by atoms with Gasteiger partial charge < -0.3 is 5.32 Å². The van der Waals surface area contributed by atoms with E-state index in [4.69, 9.17) is 0 Å². The molecule has 0 spiro atoms. The van der Waals surface area contributed by atoms with Gasteiger partial charge in [-0.15, -0.1) is 0 Å². The van der Waals surface area contributed by atoms with Crippen LogP contribution in [0.2, 0.25) is 0 Å². The van der Waals surface area contributed by atoms with Crippen LogP contribution in [0.15, 0.2) is 77.7 Å². The molecule has 1 atom stereocenters. The lowest BCUT2D eigenvalue weighted by atomic mass is 10.0. The molecule has 0 aliphatic carbocycles. The minimum Gasteiger partial charge on any atom is -0.351 e. The van der Waals surface area contributed by atoms with Crippen LogP contribution in [0.3, 0.4) is 0 Å². The Hall–Kier alpha value is -2.70. The van der Waals surface area contributed by atoms with Gasteiger partial charge in [0.25, 0.3) is 0 Å². The van der Waals surface area contributed by atoms with Crippen molar-refractivity contribution in [3.63, 3.8) is 0 Å². The minimum absolute atomic E-state index is 0.226. The lowest BCUT2D eigenvalue weighted by molar-refractivity contribution is -0.124. The average molecular weight is 394 g/mol. The molecule has 6 heteroatoms. The number of benzene rings is 3. The Bertz CT molecular complexity index is 1090. The number of fused-ring (bicyclic) bond motifs is 1. The predicted octanol–water partition coefficient (Wildman–Crippen LogP) is 3.31. The zero-order valence-corrected chi connectivity index (χ0v) is 16.2. The molecule has 1 amide bonds. The van der Waals surface area contributed by atoms with E-state index in [1.54, 1.807) is 30.3 Å². The van der Waals surface area contributed by atoms with Gasteiger partial charge in [-0.1, -0.05) is 60.7 Å². The van der Waals surface area contributed by atoms with Gasteiger partial charge in [0.15, 0.2) is 0 Å². The quantitative estimate of drug-likeness (QED) is 0.722. The summed E-state index contributed by atoms with van der Waals surface area (Å²) >= 11 is 0. The summed E-state index contributed by atoms with van der Waals surface area (Å²) in [6.07, 6.45) is 1.21. The van der Waals surface area contributed by atoms with Crippen molar-refractivity contribution in [2.75, 3.05) is 6.54 Å². The van der Waals surface area contributed by atoms with E-state index >= 15 is 0 Å². The second-order valence-corrected chi connectivity index (χ2v) is 8.83. The van der Waals surface area contributed by atoms with E-state index in [2.05, 4.69) is 5.32 Å². The highest BCUT2D eigenvalue weighted by Gasteiger charge is 2.39. The molecule has 1 heterocycles. The maximum atomic E-state index is 12.9. The minimum atomic E-state index is -3.68. The van der Waals surface area contributed by atoms with Gasteiger partial charge in [0.2, 0.25) is 15.9 Å². The van der Waals surface area contributed by atoms with Gasteiger partial charge in [-0.3, -0.25) is 4.79 Å². The molecule has 1 fully saturated rings. The van der Waals surface area contributed by atoms with Crippen LogP contribution in [0.1, 0.15) is 18.4 Å². The molecule has 1 saturated heterocycles. The van der Waals surface area contributed by atoms with Gasteiger partial charge in [0.05, 0.1) is 4.90 Å². The van der Waals surface area contributed by atoms with E-state index in [9.17, 15) is 13.2 Å². The average Bonchev–Trinajstić information content (AvgIpc) is 3.23. The van der Waals surface area contributed by atoms with Crippen LogP contribution >= 0.6 is 0 Å². The molecule has 4 rings (SSSR count). The fourth-order valence-electron chi connectivity index (χ4n) is 3.76. The van der Waals surface area contributed by atoms with Crippen molar-refractivity contribution in [3.8, 4) is 0 Å². The number of amides is 1. The molecule has 144 valence electrons. The van der Waals surface area contributed by atoms with Crippen LogP contribution in [0.4, 0.5) is 0 Å². The third-order valence-electron chi connectivity index (χ3n) is 5.19. The first-order chi connectivity index (χ1) is 13.6. The fraction of sp³-hybridized carbons (Fsp3) is 0.227. The van der Waals surface area contributed by atoms with E-state index in [1.807, 2.05) is 42.5 Å². The molecular formula is C22H22N2O3S. The van der Waals surface area contributed by atoms with Gasteiger partial charge in [0, 0.05) is 13.1 Å². The summed E-state index contributed by atoms with van der Waals surface area (Å²) < 4.78 is 27.2. The number of rotatable bonds is 5. The highest BCUT2D eigenvalue weighted by Crippen LogP contribution is 2.26. The first-order valence-corrected chi connectivity index (χ1v) is 10.8. The molecular weight excluding hydrogens is 372 g/mol. The Morgan fingerprint density at radius 2 is 1.68 bits per heavy atom. The van der Waals surface area contributed by atoms with Crippen LogP contribution in [-0.4, -0.2) is 31.2 Å². The van der Waals surface area contributed by atoms with E-state index in [0.29, 0.717) is 25.9 Å². The van der Waals surface area contributed by atoms with Crippen molar-refractivity contribution < 1.29 is 13.2 Å². The standard InChI is InChI=1S/C22H22N2O3S/c25-22(23-16-18-10-6-9-17-8-4-5-13-20(17)18)21-14-7-15-24(21)28(26,27)19-11-2-1-3-12-19/h1-6,8-13,21H,7,14-16H2,(H,23,25). The van der Waals surface area contributed by atoms with Gasteiger partial charge in [-0.2, -0.15) is 4.31 Å². The molecule has 1 aliphatic rings. The number of nitrogens with one attached hydrogen (secondary N) is 1. The molecule has 1 N–H and O–H groups in total. The smallest absolute Gasteiger partial charge is 0.243 e. The normalized spacial score (nSPS) is 17.6. The van der Waals surface area contributed by atoms with Crippen LogP contribution < -0.4 is 5.32 Å². The molecule has 28 heavy (non-hydrogen) atoms. The molecule has 0 saturated carbocycles. The third kappa shape index (κ3) is 3.53. The van der Waals surface area contributed by atoms with Crippen molar-refractivity contribution in [1.29, 1.82) is 0 Å². The van der Waals surface area contributed by atoms with Crippen LogP contribution in [0, 0.1) is 0 Å². The number of carbonyl (C=O) groups excluding carboxylic acids is 1. The Labute approximate surface area is 165 Å². The Morgan fingerprint density at radius 1 is 0.964 bits per heavy atom. The first kappa shape index (κ1) is 18.7. The topological polar surface area (TPSA) is 66.5 Å². The second-order valence-electron chi connectivity index (χ2n) is 6.94. The largest absolute Gasteiger partial charge is 0.351 e. The summed E-state index contributed by atoms with van der Waals surface area (Å²) in [5.74, 6) is -0.245. The van der Waals surface area contributed by atoms with Crippen molar-refractivity contribution in [3.05, 3.63) is 78.4 Å². The Balaban J connectivity index is 1.51. The third-order valence-corrected chi connectivity index (χ3v) is 7.11. The summed E-state index contributed by atoms with van der Waals surface area (Å²) in [6.45, 7) is 0.736. The molecule has 1 unspecified atom stereocenters. The van der Waals surface area contributed by atoms with Gasteiger partial charge in [-0.25, -0.2) is 8.42 Å². The van der Waals surface area contributed by atoms with Crippen molar-refractivity contribution in [2.45, 2.75) is 30.3 Å². The molecule has 5 nitrogen and oxygen atoms in total. The van der Waals surface area contributed by atoms with Crippen molar-refractivity contribution in [1.82, 2.24) is 9.62 Å². The molecule has 0 bridgehead atoms. The number of hydrogen-bond donors (Lipinski definition) is 1. The summed E-state index contributed by atoms with van der Waals surface area (Å²) in [7, 11) is -3.68. The zero-order valence-electron chi connectivity index (χ0n) is 15.4. The molecule has 1 aliphatic heterocycles. The monoisotopic (exact) mass is 394 g/mol. The van der Waals surface area contributed by atoms with E-state index in [0.717, 1.165) is 16.3 Å². The molecule has 3 aromatic carbocycles. The van der Waals surface area contributed by atoms with Crippen molar-refractivity contribution >= 4 is 26.7 Å². The molecule has 0 aromatic heterocycles. The lowest BCUT2D eigenvalue weighted by Crippen LogP contribution is -2.45. The SMILES string of the molecule is O=C(NCc1cccc2ccccc12)C1CCCN1S(=O)(=O)c1ccccc1. The van der Waals surface area contributed by atoms with Crippen LogP contribution in [-0.2, 0) is 21.4 Å². The van der Waals surface area contributed by atoms with Crippen molar-refractivity contribution in [2.24, 2.45) is 0 Å². The number of nitrogens with zero attached hydrogens (tertiary/aromatic N) is 1. The highest BCUT2D eigenvalue weighted by atomic mass is 32.2. The fourth-order valence-corrected chi connectivity index (χ4v) is 5.44. The second kappa shape index (κ2) is 7.73. The maximum absolute atomic E-state index is 12.9. The summed E-state index contributed by atoms with van der Waals surface area (Å²) in [4.78, 5) is 13.1. The number of sulfonamides is 1. The highest BCUT2D eigenvalue weighted by molar-refractivity contribution is 7.89. The Kier molecular flexibility index (Phi) is 5.15. The van der Waals surface area contributed by atoms with Gasteiger partial charge in [-0.05, 0) is 41.3 Å². The first-order valence-electron chi connectivity index (χ1n) is 9.38. The predicted molar refractivity (Wildman–Crippen MR) is 109 cm³/mol. The van der Waals surface area contributed by atoms with Gasteiger partial charge in [0.1, 0.15) is 6.04 Å². The van der Waals surface area contributed by atoms with Crippen LogP contribution in [0.25, 0.3) is 10.8 Å².